The summed E-state index contributed by atoms with van der Waals surface area (Å²) in [6.07, 6.45) is 0.505. The minimum absolute atomic E-state index is 0.00777. The van der Waals surface area contributed by atoms with Crippen LogP contribution < -0.4 is 10.0 Å². The number of alkyl halides is 3. The molecule has 0 unspecified atom stereocenters. The van der Waals surface area contributed by atoms with Crippen molar-refractivity contribution < 1.29 is 61.1 Å². The van der Waals surface area contributed by atoms with Crippen molar-refractivity contribution in [1.82, 2.24) is 5.32 Å². The summed E-state index contributed by atoms with van der Waals surface area (Å²) in [5, 5.41) is 43.8. The number of phenols is 4. The number of aromatic hydroxyl groups is 4. The van der Waals surface area contributed by atoms with Crippen molar-refractivity contribution in [2.24, 2.45) is 0 Å². The Morgan fingerprint density at radius 1 is 0.837 bits per heavy atom. The number of sulfonamides is 1. The van der Waals surface area contributed by atoms with Crippen LogP contribution in [0, 0.1) is 0 Å². The minimum Gasteiger partial charge on any atom is -0.507 e. The summed E-state index contributed by atoms with van der Waals surface area (Å²) in [6.45, 7) is 0. The number of amides is 1. The largest absolute Gasteiger partial charge is 0.516 e. The van der Waals surface area contributed by atoms with E-state index in [2.05, 4.69) is 5.32 Å². The van der Waals surface area contributed by atoms with E-state index in [0.29, 0.717) is 19.3 Å². The summed E-state index contributed by atoms with van der Waals surface area (Å²) in [5.74, 6) is -6.46. The summed E-state index contributed by atoms with van der Waals surface area (Å²) >= 11 is 0. The van der Waals surface area contributed by atoms with E-state index in [9.17, 15) is 56.4 Å². The number of halogens is 3. The van der Waals surface area contributed by atoms with E-state index in [1.807, 2.05) is 0 Å². The fourth-order valence-corrected chi connectivity index (χ4v) is 5.08. The maximum absolute atomic E-state index is 13.1. The Balaban J connectivity index is 1.55. The van der Waals surface area contributed by atoms with Crippen molar-refractivity contribution in [2.75, 3.05) is 4.72 Å². The molecule has 16 heteroatoms. The lowest BCUT2D eigenvalue weighted by Crippen LogP contribution is -2.42. The van der Waals surface area contributed by atoms with E-state index in [1.54, 1.807) is 6.07 Å². The molecule has 43 heavy (non-hydrogen) atoms. The number of carbonyl (C=O) groups is 3. The first-order valence-corrected chi connectivity index (χ1v) is 13.9. The van der Waals surface area contributed by atoms with E-state index < -0.39 is 85.0 Å². The second-order valence-corrected chi connectivity index (χ2v) is 11.1. The summed E-state index contributed by atoms with van der Waals surface area (Å²) in [6, 6.07) is 9.16. The molecular formula is C27H23F3N2O10S. The fraction of sp³-hybridized carbons (Fsp3) is 0.222. The standard InChI is InChI=1S/C27H23F3N2O10S/c28-27(29,30)43(40,41)32-16-7-3-9-18(34)22(16)24(37)23-19(35)11-13(12-20(23)36)26(39)42-21-10-4-6-15(21)31-25(38)14-5-1-2-8-17(14)33/h1-3,5,7-9,11-12,15,21,32-36H,4,6,10H2,(H,31,38)/t15-,21-/m0/s1. The Labute approximate surface area is 241 Å². The molecule has 1 amide bonds. The SMILES string of the molecule is O=C(O[C@H]1CCC[C@@H]1NC(=O)c1ccccc1O)c1cc(O)c(C(=O)c2c(O)cccc2NS(=O)(=O)C(F)(F)F)c(O)c1. The molecule has 0 aromatic heterocycles. The second kappa shape index (κ2) is 11.7. The van der Waals surface area contributed by atoms with E-state index in [-0.39, 0.29) is 11.3 Å². The number of phenolic OH excluding ortho intramolecular Hbond substituents is 4. The van der Waals surface area contributed by atoms with Gasteiger partial charge in [0.1, 0.15) is 34.7 Å². The van der Waals surface area contributed by atoms with Crippen LogP contribution in [0.4, 0.5) is 18.9 Å². The average Bonchev–Trinajstić information content (AvgIpc) is 3.33. The third kappa shape index (κ3) is 6.43. The van der Waals surface area contributed by atoms with Crippen LogP contribution in [0.5, 0.6) is 23.0 Å². The highest BCUT2D eigenvalue weighted by molar-refractivity contribution is 7.93. The molecule has 1 aliphatic rings. The van der Waals surface area contributed by atoms with E-state index in [1.165, 1.54) is 18.2 Å². The molecule has 1 aliphatic carbocycles. The van der Waals surface area contributed by atoms with Gasteiger partial charge in [0, 0.05) is 0 Å². The highest BCUT2D eigenvalue weighted by Gasteiger charge is 2.46. The van der Waals surface area contributed by atoms with Crippen LogP contribution >= 0.6 is 0 Å². The van der Waals surface area contributed by atoms with Gasteiger partial charge in [0.25, 0.3) is 5.91 Å². The molecule has 6 N–H and O–H groups in total. The number of hydrogen-bond acceptors (Lipinski definition) is 10. The van der Waals surface area contributed by atoms with Crippen molar-refractivity contribution in [3.8, 4) is 23.0 Å². The van der Waals surface area contributed by atoms with Gasteiger partial charge in [0.05, 0.1) is 28.4 Å². The molecule has 0 aliphatic heterocycles. The lowest BCUT2D eigenvalue weighted by molar-refractivity contribution is -0.0429. The first-order chi connectivity index (χ1) is 20.1. The molecule has 3 aromatic carbocycles. The second-order valence-electron chi connectivity index (χ2n) is 9.44. The number of hydrogen-bond donors (Lipinski definition) is 6. The molecular weight excluding hydrogens is 601 g/mol. The molecule has 4 rings (SSSR count). The predicted octanol–water partition coefficient (Wildman–Crippen LogP) is 3.51. The zero-order valence-corrected chi connectivity index (χ0v) is 22.6. The molecule has 228 valence electrons. The number of para-hydroxylation sites is 1. The molecule has 2 atom stereocenters. The molecule has 0 heterocycles. The van der Waals surface area contributed by atoms with Crippen molar-refractivity contribution in [3.63, 3.8) is 0 Å². The number of nitrogens with one attached hydrogen (secondary N) is 2. The first kappa shape index (κ1) is 31.0. The van der Waals surface area contributed by atoms with Gasteiger partial charge in [0.15, 0.2) is 0 Å². The molecule has 3 aromatic rings. The van der Waals surface area contributed by atoms with Crippen molar-refractivity contribution in [2.45, 2.75) is 36.9 Å². The molecule has 1 saturated carbocycles. The Morgan fingerprint density at radius 3 is 2.09 bits per heavy atom. The van der Waals surface area contributed by atoms with Crippen LogP contribution in [0.2, 0.25) is 0 Å². The van der Waals surface area contributed by atoms with Gasteiger partial charge >= 0.3 is 21.5 Å². The number of esters is 1. The number of ketones is 1. The molecule has 0 bridgehead atoms. The lowest BCUT2D eigenvalue weighted by Gasteiger charge is -2.22. The summed E-state index contributed by atoms with van der Waals surface area (Å²) in [7, 11) is -6.02. The number of rotatable bonds is 8. The van der Waals surface area contributed by atoms with Gasteiger partial charge in [-0.1, -0.05) is 18.2 Å². The van der Waals surface area contributed by atoms with Gasteiger partial charge in [-0.2, -0.15) is 21.6 Å². The molecule has 1 fully saturated rings. The first-order valence-electron chi connectivity index (χ1n) is 12.4. The third-order valence-corrected chi connectivity index (χ3v) is 7.65. The van der Waals surface area contributed by atoms with Crippen LogP contribution in [0.25, 0.3) is 0 Å². The number of carbonyl (C=O) groups excluding carboxylic acids is 3. The van der Waals surface area contributed by atoms with Crippen LogP contribution in [0.1, 0.15) is 55.9 Å². The maximum Gasteiger partial charge on any atom is 0.516 e. The van der Waals surface area contributed by atoms with E-state index >= 15 is 0 Å². The van der Waals surface area contributed by atoms with Crippen LogP contribution in [0.15, 0.2) is 54.6 Å². The van der Waals surface area contributed by atoms with E-state index in [0.717, 1.165) is 35.1 Å². The smallest absolute Gasteiger partial charge is 0.507 e. The van der Waals surface area contributed by atoms with Gasteiger partial charge < -0.3 is 30.5 Å². The fourth-order valence-electron chi connectivity index (χ4n) is 4.50. The lowest BCUT2D eigenvalue weighted by atomic mass is 9.97. The quantitative estimate of drug-likeness (QED) is 0.159. The van der Waals surface area contributed by atoms with Gasteiger partial charge in [-0.25, -0.2) is 4.79 Å². The van der Waals surface area contributed by atoms with Gasteiger partial charge in [0.2, 0.25) is 5.78 Å². The highest BCUT2D eigenvalue weighted by Crippen LogP contribution is 2.38. The number of benzene rings is 3. The van der Waals surface area contributed by atoms with Crippen molar-refractivity contribution in [3.05, 3.63) is 76.9 Å². The topological polar surface area (TPSA) is 200 Å². The number of anilines is 1. The highest BCUT2D eigenvalue weighted by atomic mass is 32.2. The van der Waals surface area contributed by atoms with Gasteiger partial charge in [-0.05, 0) is 55.7 Å². The van der Waals surface area contributed by atoms with Crippen LogP contribution in [-0.4, -0.2) is 64.2 Å². The molecule has 0 spiro atoms. The van der Waals surface area contributed by atoms with Crippen LogP contribution in [-0.2, 0) is 14.8 Å². The Morgan fingerprint density at radius 2 is 1.47 bits per heavy atom. The maximum atomic E-state index is 13.1. The molecule has 0 saturated heterocycles. The van der Waals surface area contributed by atoms with E-state index in [4.69, 9.17) is 4.74 Å². The van der Waals surface area contributed by atoms with Crippen molar-refractivity contribution in [1.29, 1.82) is 0 Å². The van der Waals surface area contributed by atoms with Crippen LogP contribution in [0.3, 0.4) is 0 Å². The Bertz CT molecular complexity index is 1690. The van der Waals surface area contributed by atoms with Gasteiger partial charge in [-0.15, -0.1) is 0 Å². The third-order valence-electron chi connectivity index (χ3n) is 6.55. The number of ether oxygens (including phenoxy) is 1. The van der Waals surface area contributed by atoms with Crippen molar-refractivity contribution >= 4 is 33.4 Å². The minimum atomic E-state index is -6.02. The molecule has 0 radical (unpaired) electrons. The Kier molecular flexibility index (Phi) is 8.43. The average molecular weight is 625 g/mol. The summed E-state index contributed by atoms with van der Waals surface area (Å²) in [5.41, 5.74) is -9.18. The zero-order chi connectivity index (χ0) is 31.7. The monoisotopic (exact) mass is 624 g/mol. The normalized spacial score (nSPS) is 16.8. The zero-order valence-electron chi connectivity index (χ0n) is 21.8. The Hall–Kier alpha value is -4.99. The predicted molar refractivity (Wildman–Crippen MR) is 142 cm³/mol. The van der Waals surface area contributed by atoms with Gasteiger partial charge in [-0.3, -0.25) is 14.3 Å². The summed E-state index contributed by atoms with van der Waals surface area (Å²) in [4.78, 5) is 38.6. The summed E-state index contributed by atoms with van der Waals surface area (Å²) < 4.78 is 68.5. The molecule has 12 nitrogen and oxygen atoms in total.